The van der Waals surface area contributed by atoms with E-state index in [-0.39, 0.29) is 0 Å². The molecule has 2 heterocycles. The van der Waals surface area contributed by atoms with Crippen LogP contribution in [-0.2, 0) is 13.1 Å². The smallest absolute Gasteiger partial charge is 0.231 e. The van der Waals surface area contributed by atoms with Gasteiger partial charge in [-0.2, -0.15) is 0 Å². The quantitative estimate of drug-likeness (QED) is 0.605. The number of benzene rings is 2. The number of rotatable bonds is 6. The largest absolute Gasteiger partial charge is 0.454 e. The maximum Gasteiger partial charge on any atom is 0.231 e. The Kier molecular flexibility index (Phi) is 4.75. The third-order valence-corrected chi connectivity index (χ3v) is 5.65. The van der Waals surface area contributed by atoms with Crippen LogP contribution in [0.1, 0.15) is 37.0 Å². The highest BCUT2D eigenvalue weighted by atomic mass is 16.7. The summed E-state index contributed by atoms with van der Waals surface area (Å²) < 4.78 is 16.7. The molecule has 1 fully saturated rings. The van der Waals surface area contributed by atoms with Crippen LogP contribution in [0, 0.1) is 0 Å². The first-order valence-electron chi connectivity index (χ1n) is 9.99. The first-order chi connectivity index (χ1) is 13.8. The van der Waals surface area contributed by atoms with Gasteiger partial charge >= 0.3 is 0 Å². The van der Waals surface area contributed by atoms with Crippen LogP contribution in [0.25, 0.3) is 11.3 Å². The second-order valence-electron chi connectivity index (χ2n) is 7.58. The SMILES string of the molecule is c1ccc(-c2cc(CN(Cc3ccc4c(c3)OCO4)C3CCCC3)on2)cc1. The van der Waals surface area contributed by atoms with Crippen molar-refractivity contribution in [2.45, 2.75) is 44.8 Å². The zero-order chi connectivity index (χ0) is 18.8. The van der Waals surface area contributed by atoms with Crippen molar-refractivity contribution in [3.8, 4) is 22.8 Å². The van der Waals surface area contributed by atoms with Gasteiger partial charge in [0.1, 0.15) is 5.69 Å². The molecule has 5 nitrogen and oxygen atoms in total. The Balaban J connectivity index is 1.35. The summed E-state index contributed by atoms with van der Waals surface area (Å²) in [7, 11) is 0. The van der Waals surface area contributed by atoms with Crippen molar-refractivity contribution in [1.82, 2.24) is 10.1 Å². The van der Waals surface area contributed by atoms with Crippen molar-refractivity contribution in [3.05, 3.63) is 65.9 Å². The van der Waals surface area contributed by atoms with E-state index < -0.39 is 0 Å². The second kappa shape index (κ2) is 7.68. The molecule has 2 aromatic carbocycles. The third kappa shape index (κ3) is 3.62. The molecule has 1 saturated carbocycles. The third-order valence-electron chi connectivity index (χ3n) is 5.65. The molecule has 144 valence electrons. The molecule has 5 heteroatoms. The highest BCUT2D eigenvalue weighted by Gasteiger charge is 2.25. The van der Waals surface area contributed by atoms with Crippen molar-refractivity contribution < 1.29 is 14.0 Å². The van der Waals surface area contributed by atoms with Crippen molar-refractivity contribution in [3.63, 3.8) is 0 Å². The lowest BCUT2D eigenvalue weighted by atomic mass is 10.1. The molecule has 5 rings (SSSR count). The fourth-order valence-corrected chi connectivity index (χ4v) is 4.19. The lowest BCUT2D eigenvalue weighted by Crippen LogP contribution is -2.32. The van der Waals surface area contributed by atoms with Gasteiger partial charge in [0.15, 0.2) is 17.3 Å². The normalized spacial score (nSPS) is 16.2. The summed E-state index contributed by atoms with van der Waals surface area (Å²) >= 11 is 0. The van der Waals surface area contributed by atoms with E-state index in [0.29, 0.717) is 12.8 Å². The van der Waals surface area contributed by atoms with Crippen molar-refractivity contribution in [2.24, 2.45) is 0 Å². The summed E-state index contributed by atoms with van der Waals surface area (Å²) in [6.07, 6.45) is 5.08. The van der Waals surface area contributed by atoms with Crippen LogP contribution in [0.3, 0.4) is 0 Å². The summed E-state index contributed by atoms with van der Waals surface area (Å²) in [6.45, 7) is 1.94. The predicted octanol–water partition coefficient (Wildman–Crippen LogP) is 5.02. The van der Waals surface area contributed by atoms with E-state index in [9.17, 15) is 0 Å². The Labute approximate surface area is 164 Å². The fourth-order valence-electron chi connectivity index (χ4n) is 4.19. The number of ether oxygens (including phenoxy) is 2. The Morgan fingerprint density at radius 1 is 0.893 bits per heavy atom. The van der Waals surface area contributed by atoms with Gasteiger partial charge in [0.25, 0.3) is 0 Å². The molecular formula is C23H24N2O3. The van der Waals surface area contributed by atoms with E-state index in [1.165, 1.54) is 31.2 Å². The molecular weight excluding hydrogens is 352 g/mol. The molecule has 0 radical (unpaired) electrons. The average Bonchev–Trinajstić information content (AvgIpc) is 3.49. The molecule has 0 N–H and O–H groups in total. The molecule has 1 aliphatic carbocycles. The van der Waals surface area contributed by atoms with Gasteiger partial charge in [-0.3, -0.25) is 4.90 Å². The van der Waals surface area contributed by atoms with Crippen LogP contribution >= 0.6 is 0 Å². The zero-order valence-electron chi connectivity index (χ0n) is 15.8. The molecule has 0 atom stereocenters. The van der Waals surface area contributed by atoms with E-state index in [4.69, 9.17) is 14.0 Å². The summed E-state index contributed by atoms with van der Waals surface area (Å²) in [5.74, 6) is 2.58. The molecule has 1 aliphatic heterocycles. The number of hydrogen-bond acceptors (Lipinski definition) is 5. The molecule has 2 aliphatic rings. The van der Waals surface area contributed by atoms with E-state index in [0.717, 1.165) is 41.6 Å². The van der Waals surface area contributed by atoms with Gasteiger partial charge in [-0.15, -0.1) is 0 Å². The molecule has 28 heavy (non-hydrogen) atoms. The first kappa shape index (κ1) is 17.3. The fraction of sp³-hybridized carbons (Fsp3) is 0.348. The topological polar surface area (TPSA) is 47.7 Å². The number of aromatic nitrogens is 1. The Hall–Kier alpha value is -2.79. The van der Waals surface area contributed by atoms with Gasteiger partial charge in [-0.1, -0.05) is 54.4 Å². The van der Waals surface area contributed by atoms with Crippen LogP contribution in [0.4, 0.5) is 0 Å². The Bertz CT molecular complexity index is 932. The van der Waals surface area contributed by atoms with Gasteiger partial charge in [0, 0.05) is 24.2 Å². The molecule has 3 aromatic rings. The standard InChI is InChI=1S/C23H24N2O3/c1-2-6-18(7-3-1)21-13-20(28-24-21)15-25(19-8-4-5-9-19)14-17-10-11-22-23(12-17)27-16-26-22/h1-3,6-7,10-13,19H,4-5,8-9,14-16H2. The minimum Gasteiger partial charge on any atom is -0.454 e. The minimum absolute atomic E-state index is 0.311. The minimum atomic E-state index is 0.311. The van der Waals surface area contributed by atoms with Crippen LogP contribution in [0.2, 0.25) is 0 Å². The van der Waals surface area contributed by atoms with Gasteiger partial charge in [-0.25, -0.2) is 0 Å². The van der Waals surface area contributed by atoms with Gasteiger partial charge in [0.05, 0.1) is 6.54 Å². The lowest BCUT2D eigenvalue weighted by Gasteiger charge is -2.27. The summed E-state index contributed by atoms with van der Waals surface area (Å²) in [4.78, 5) is 2.51. The predicted molar refractivity (Wildman–Crippen MR) is 106 cm³/mol. The van der Waals surface area contributed by atoms with E-state index >= 15 is 0 Å². The van der Waals surface area contributed by atoms with E-state index in [1.54, 1.807) is 0 Å². The van der Waals surface area contributed by atoms with E-state index in [1.807, 2.05) is 24.3 Å². The maximum absolute atomic E-state index is 5.68. The van der Waals surface area contributed by atoms with Crippen LogP contribution in [0.5, 0.6) is 11.5 Å². The monoisotopic (exact) mass is 376 g/mol. The summed E-state index contributed by atoms with van der Waals surface area (Å²) in [6, 6.07) is 19.1. The zero-order valence-corrected chi connectivity index (χ0v) is 15.8. The molecule has 0 saturated heterocycles. The Morgan fingerprint density at radius 3 is 2.57 bits per heavy atom. The van der Waals surface area contributed by atoms with E-state index in [2.05, 4.69) is 40.4 Å². The van der Waals surface area contributed by atoms with Crippen LogP contribution in [0.15, 0.2) is 59.1 Å². The molecule has 1 aromatic heterocycles. The van der Waals surface area contributed by atoms with Gasteiger partial charge < -0.3 is 14.0 Å². The molecule has 0 spiro atoms. The summed E-state index contributed by atoms with van der Waals surface area (Å²) in [5.41, 5.74) is 3.21. The molecule has 0 bridgehead atoms. The molecule has 0 amide bonds. The molecule has 0 unspecified atom stereocenters. The maximum atomic E-state index is 5.68. The average molecular weight is 376 g/mol. The number of nitrogens with zero attached hydrogens (tertiary/aromatic N) is 2. The first-order valence-corrected chi connectivity index (χ1v) is 9.99. The van der Waals surface area contributed by atoms with Gasteiger partial charge in [-0.05, 0) is 30.5 Å². The Morgan fingerprint density at radius 2 is 1.71 bits per heavy atom. The lowest BCUT2D eigenvalue weighted by molar-refractivity contribution is 0.160. The van der Waals surface area contributed by atoms with Crippen molar-refractivity contribution >= 4 is 0 Å². The van der Waals surface area contributed by atoms with Crippen molar-refractivity contribution in [2.75, 3.05) is 6.79 Å². The van der Waals surface area contributed by atoms with Crippen LogP contribution < -0.4 is 9.47 Å². The number of fused-ring (bicyclic) bond motifs is 1. The summed E-state index contributed by atoms with van der Waals surface area (Å²) in [5, 5.41) is 4.28. The van der Waals surface area contributed by atoms with Crippen molar-refractivity contribution in [1.29, 1.82) is 0 Å². The highest BCUT2D eigenvalue weighted by molar-refractivity contribution is 5.58. The second-order valence-corrected chi connectivity index (χ2v) is 7.58. The van der Waals surface area contributed by atoms with Crippen LogP contribution in [-0.4, -0.2) is 22.9 Å². The van der Waals surface area contributed by atoms with Gasteiger partial charge in [0.2, 0.25) is 6.79 Å². The highest BCUT2D eigenvalue weighted by Crippen LogP contribution is 2.34. The number of hydrogen-bond donors (Lipinski definition) is 0.